The molecule has 1 aromatic carbocycles. The molecule has 4 heteroatoms. The summed E-state index contributed by atoms with van der Waals surface area (Å²) in [6.07, 6.45) is 2.13. The molecule has 0 spiro atoms. The Hall–Kier alpha value is -1.84. The number of hydrogen-bond acceptors (Lipinski definition) is 2. The summed E-state index contributed by atoms with van der Waals surface area (Å²) in [5.41, 5.74) is 2.97. The van der Waals surface area contributed by atoms with Gasteiger partial charge in [-0.25, -0.2) is 0 Å². The minimum absolute atomic E-state index is 0.0654. The standard InChI is InChI=1S/C17H24N2O2/c1-12-6-5-9-19(11-12)17(21)10-16(20)18-15-8-4-7-13(2)14(15)3/h4,7-8,12H,5-6,9-11H2,1-3H3,(H,18,20). The van der Waals surface area contributed by atoms with Crippen LogP contribution in [0.2, 0.25) is 0 Å². The molecule has 2 amide bonds. The smallest absolute Gasteiger partial charge is 0.233 e. The number of carbonyl (C=O) groups is 2. The quantitative estimate of drug-likeness (QED) is 0.869. The maximum atomic E-state index is 12.2. The van der Waals surface area contributed by atoms with Gasteiger partial charge in [-0.2, -0.15) is 0 Å². The van der Waals surface area contributed by atoms with Gasteiger partial charge in [-0.1, -0.05) is 19.1 Å². The van der Waals surface area contributed by atoms with Gasteiger partial charge in [-0.15, -0.1) is 0 Å². The largest absolute Gasteiger partial charge is 0.342 e. The molecule has 0 radical (unpaired) electrons. The van der Waals surface area contributed by atoms with E-state index < -0.39 is 0 Å². The molecule has 1 saturated heterocycles. The van der Waals surface area contributed by atoms with E-state index in [0.717, 1.165) is 36.3 Å². The van der Waals surface area contributed by atoms with E-state index in [9.17, 15) is 9.59 Å². The zero-order valence-corrected chi connectivity index (χ0v) is 13.1. The number of aryl methyl sites for hydroxylation is 1. The summed E-state index contributed by atoms with van der Waals surface area (Å²) < 4.78 is 0. The number of benzene rings is 1. The van der Waals surface area contributed by atoms with E-state index in [0.29, 0.717) is 5.92 Å². The molecule has 1 aromatic rings. The molecule has 0 aliphatic carbocycles. The van der Waals surface area contributed by atoms with Crippen molar-refractivity contribution in [3.05, 3.63) is 29.3 Å². The number of likely N-dealkylation sites (tertiary alicyclic amines) is 1. The minimum Gasteiger partial charge on any atom is -0.342 e. The van der Waals surface area contributed by atoms with Gasteiger partial charge in [0.1, 0.15) is 6.42 Å². The highest BCUT2D eigenvalue weighted by Crippen LogP contribution is 2.19. The second-order valence-electron chi connectivity index (χ2n) is 6.06. The van der Waals surface area contributed by atoms with Crippen molar-refractivity contribution in [2.75, 3.05) is 18.4 Å². The lowest BCUT2D eigenvalue weighted by atomic mass is 10.00. The van der Waals surface area contributed by atoms with Gasteiger partial charge in [-0.3, -0.25) is 9.59 Å². The summed E-state index contributed by atoms with van der Waals surface area (Å²) in [5, 5.41) is 2.85. The van der Waals surface area contributed by atoms with Crippen LogP contribution in [0, 0.1) is 19.8 Å². The number of nitrogens with one attached hydrogen (secondary N) is 1. The fourth-order valence-corrected chi connectivity index (χ4v) is 2.75. The van der Waals surface area contributed by atoms with Crippen molar-refractivity contribution in [2.24, 2.45) is 5.92 Å². The molecule has 0 saturated carbocycles. The summed E-state index contributed by atoms with van der Waals surface area (Å²) in [4.78, 5) is 26.0. The highest BCUT2D eigenvalue weighted by Gasteiger charge is 2.22. The van der Waals surface area contributed by atoms with Gasteiger partial charge in [0.2, 0.25) is 11.8 Å². The topological polar surface area (TPSA) is 49.4 Å². The molecule has 0 bridgehead atoms. The maximum Gasteiger partial charge on any atom is 0.233 e. The number of hydrogen-bond donors (Lipinski definition) is 1. The number of anilines is 1. The molecule has 1 aliphatic rings. The molecule has 1 unspecified atom stereocenters. The third kappa shape index (κ3) is 4.06. The minimum atomic E-state index is -0.230. The highest BCUT2D eigenvalue weighted by molar-refractivity contribution is 6.03. The summed E-state index contributed by atoms with van der Waals surface area (Å²) in [7, 11) is 0. The second-order valence-corrected chi connectivity index (χ2v) is 6.06. The first-order chi connectivity index (χ1) is 9.97. The molecule has 4 nitrogen and oxygen atoms in total. The van der Waals surface area contributed by atoms with Crippen molar-refractivity contribution in [3.8, 4) is 0 Å². The lowest BCUT2D eigenvalue weighted by Crippen LogP contribution is -2.40. The fraction of sp³-hybridized carbons (Fsp3) is 0.529. The maximum absolute atomic E-state index is 12.2. The Labute approximate surface area is 126 Å². The van der Waals surface area contributed by atoms with E-state index in [1.54, 1.807) is 0 Å². The monoisotopic (exact) mass is 288 g/mol. The normalized spacial score (nSPS) is 18.4. The predicted molar refractivity (Wildman–Crippen MR) is 84.1 cm³/mol. The average Bonchev–Trinajstić information content (AvgIpc) is 2.44. The Morgan fingerprint density at radius 3 is 2.81 bits per heavy atom. The molecule has 1 aliphatic heterocycles. The SMILES string of the molecule is Cc1cccc(NC(=O)CC(=O)N2CCCC(C)C2)c1C. The number of piperidine rings is 1. The summed E-state index contributed by atoms with van der Waals surface area (Å²) in [5.74, 6) is 0.237. The van der Waals surface area contributed by atoms with Crippen molar-refractivity contribution in [2.45, 2.75) is 40.0 Å². The van der Waals surface area contributed by atoms with E-state index in [1.807, 2.05) is 36.9 Å². The molecule has 2 rings (SSSR count). The highest BCUT2D eigenvalue weighted by atomic mass is 16.2. The second kappa shape index (κ2) is 6.74. The Bertz CT molecular complexity index is 540. The van der Waals surface area contributed by atoms with Crippen LogP contribution in [0.3, 0.4) is 0 Å². The van der Waals surface area contributed by atoms with Gasteiger partial charge in [-0.05, 0) is 49.8 Å². The molecule has 0 aromatic heterocycles. The summed E-state index contributed by atoms with van der Waals surface area (Å²) in [6.45, 7) is 7.68. The van der Waals surface area contributed by atoms with Crippen molar-refractivity contribution in [1.29, 1.82) is 0 Å². The van der Waals surface area contributed by atoms with Crippen LogP contribution < -0.4 is 5.32 Å². The summed E-state index contributed by atoms with van der Waals surface area (Å²) in [6, 6.07) is 5.78. The van der Waals surface area contributed by atoms with E-state index in [2.05, 4.69) is 12.2 Å². The summed E-state index contributed by atoms with van der Waals surface area (Å²) >= 11 is 0. The van der Waals surface area contributed by atoms with Crippen molar-refractivity contribution in [1.82, 2.24) is 4.90 Å². The zero-order chi connectivity index (χ0) is 15.4. The molecule has 1 atom stereocenters. The molecule has 1 fully saturated rings. The van der Waals surface area contributed by atoms with Gasteiger partial charge >= 0.3 is 0 Å². The van der Waals surface area contributed by atoms with E-state index in [4.69, 9.17) is 0 Å². The Morgan fingerprint density at radius 2 is 2.10 bits per heavy atom. The van der Waals surface area contributed by atoms with Crippen LogP contribution in [0.25, 0.3) is 0 Å². The first kappa shape index (κ1) is 15.5. The number of carbonyl (C=O) groups excluding carboxylic acids is 2. The van der Waals surface area contributed by atoms with Crippen LogP contribution in [0.5, 0.6) is 0 Å². The zero-order valence-electron chi connectivity index (χ0n) is 13.1. The lowest BCUT2D eigenvalue weighted by Gasteiger charge is -2.30. The number of rotatable bonds is 3. The van der Waals surface area contributed by atoms with E-state index >= 15 is 0 Å². The van der Waals surface area contributed by atoms with Crippen LogP contribution in [-0.4, -0.2) is 29.8 Å². The first-order valence-electron chi connectivity index (χ1n) is 7.61. The van der Waals surface area contributed by atoms with Crippen LogP contribution >= 0.6 is 0 Å². The van der Waals surface area contributed by atoms with Gasteiger partial charge in [0.05, 0.1) is 0 Å². The first-order valence-corrected chi connectivity index (χ1v) is 7.61. The van der Waals surface area contributed by atoms with E-state index in [1.165, 1.54) is 6.42 Å². The van der Waals surface area contributed by atoms with Crippen LogP contribution in [0.15, 0.2) is 18.2 Å². The third-order valence-corrected chi connectivity index (χ3v) is 4.20. The van der Waals surface area contributed by atoms with Crippen molar-refractivity contribution >= 4 is 17.5 Å². The van der Waals surface area contributed by atoms with Crippen LogP contribution in [0.4, 0.5) is 5.69 Å². The number of nitrogens with zero attached hydrogens (tertiary/aromatic N) is 1. The van der Waals surface area contributed by atoms with Gasteiger partial charge in [0, 0.05) is 18.8 Å². The van der Waals surface area contributed by atoms with Crippen LogP contribution in [-0.2, 0) is 9.59 Å². The van der Waals surface area contributed by atoms with Gasteiger partial charge in [0.15, 0.2) is 0 Å². The molecule has 21 heavy (non-hydrogen) atoms. The molecular formula is C17H24N2O2. The predicted octanol–water partition coefficient (Wildman–Crippen LogP) is 2.89. The van der Waals surface area contributed by atoms with Gasteiger partial charge in [0.25, 0.3) is 0 Å². The lowest BCUT2D eigenvalue weighted by molar-refractivity contribution is -0.136. The van der Waals surface area contributed by atoms with Crippen molar-refractivity contribution < 1.29 is 9.59 Å². The fourth-order valence-electron chi connectivity index (χ4n) is 2.75. The van der Waals surface area contributed by atoms with E-state index in [-0.39, 0.29) is 18.2 Å². The Morgan fingerprint density at radius 1 is 1.33 bits per heavy atom. The Kier molecular flexibility index (Phi) is 4.99. The average molecular weight is 288 g/mol. The molecular weight excluding hydrogens is 264 g/mol. The van der Waals surface area contributed by atoms with Crippen LogP contribution in [0.1, 0.15) is 37.3 Å². The van der Waals surface area contributed by atoms with Gasteiger partial charge < -0.3 is 10.2 Å². The third-order valence-electron chi connectivity index (χ3n) is 4.20. The van der Waals surface area contributed by atoms with Crippen molar-refractivity contribution in [3.63, 3.8) is 0 Å². The molecule has 114 valence electrons. The molecule has 1 N–H and O–H groups in total. The number of amides is 2. The Balaban J connectivity index is 1.92. The molecule has 1 heterocycles.